The van der Waals surface area contributed by atoms with Gasteiger partial charge in [0.15, 0.2) is 5.65 Å². The Morgan fingerprint density at radius 3 is 3.00 bits per heavy atom. The highest BCUT2D eigenvalue weighted by molar-refractivity contribution is 5.36. The van der Waals surface area contributed by atoms with Gasteiger partial charge in [-0.25, -0.2) is 4.98 Å². The molecule has 0 unspecified atom stereocenters. The highest BCUT2D eigenvalue weighted by Crippen LogP contribution is 2.07. The molecule has 2 rings (SSSR count). The third-order valence-electron chi connectivity index (χ3n) is 2.54. The molecule has 0 amide bonds. The highest BCUT2D eigenvalue weighted by Gasteiger charge is 2.15. The van der Waals surface area contributed by atoms with Gasteiger partial charge in [-0.15, -0.1) is 0 Å². The number of nitrogens with one attached hydrogen (secondary N) is 1. The Bertz CT molecular complexity index is 478. The molecular formula is C11H16N4O. The fourth-order valence-corrected chi connectivity index (χ4v) is 1.41. The van der Waals surface area contributed by atoms with E-state index in [1.165, 1.54) is 0 Å². The Kier molecular flexibility index (Phi) is 2.89. The number of aliphatic hydroxyl groups excluding tert-OH is 1. The summed E-state index contributed by atoms with van der Waals surface area (Å²) in [4.78, 5) is 8.25. The van der Waals surface area contributed by atoms with E-state index < -0.39 is 0 Å². The number of hydrogen-bond donors (Lipinski definition) is 2. The summed E-state index contributed by atoms with van der Waals surface area (Å²) < 4.78 is 1.98. The normalized spacial score (nSPS) is 12.2. The second-order valence-corrected chi connectivity index (χ2v) is 4.45. The van der Waals surface area contributed by atoms with Crippen LogP contribution in [0.2, 0.25) is 0 Å². The molecule has 0 saturated heterocycles. The Hall–Kier alpha value is -1.46. The summed E-state index contributed by atoms with van der Waals surface area (Å²) in [5.41, 5.74) is 1.61. The van der Waals surface area contributed by atoms with Gasteiger partial charge in [0.05, 0.1) is 24.7 Å². The predicted octanol–water partition coefficient (Wildman–Crippen LogP) is 0.590. The van der Waals surface area contributed by atoms with Crippen molar-refractivity contribution in [2.24, 2.45) is 0 Å². The zero-order valence-electron chi connectivity index (χ0n) is 9.51. The quantitative estimate of drug-likeness (QED) is 0.791. The first-order valence-electron chi connectivity index (χ1n) is 5.24. The monoisotopic (exact) mass is 220 g/mol. The van der Waals surface area contributed by atoms with Gasteiger partial charge < -0.3 is 10.4 Å². The van der Waals surface area contributed by atoms with Crippen LogP contribution in [0.25, 0.3) is 5.65 Å². The van der Waals surface area contributed by atoms with Crippen LogP contribution in [0.5, 0.6) is 0 Å². The van der Waals surface area contributed by atoms with Gasteiger partial charge in [0, 0.05) is 24.5 Å². The van der Waals surface area contributed by atoms with Crippen LogP contribution >= 0.6 is 0 Å². The van der Waals surface area contributed by atoms with Crippen molar-refractivity contribution in [1.82, 2.24) is 19.7 Å². The lowest BCUT2D eigenvalue weighted by Gasteiger charge is -2.23. The molecule has 16 heavy (non-hydrogen) atoms. The van der Waals surface area contributed by atoms with Crippen molar-refractivity contribution in [1.29, 1.82) is 0 Å². The molecule has 5 heteroatoms. The van der Waals surface area contributed by atoms with Gasteiger partial charge in [0.25, 0.3) is 0 Å². The van der Waals surface area contributed by atoms with Gasteiger partial charge in [0.1, 0.15) is 0 Å². The molecule has 0 bridgehead atoms. The third kappa shape index (κ3) is 2.20. The number of fused-ring (bicyclic) bond motifs is 1. The number of aliphatic hydroxyl groups is 1. The average molecular weight is 220 g/mol. The summed E-state index contributed by atoms with van der Waals surface area (Å²) in [5, 5.41) is 12.4. The summed E-state index contributed by atoms with van der Waals surface area (Å²) in [7, 11) is 0. The Morgan fingerprint density at radius 1 is 1.44 bits per heavy atom. The van der Waals surface area contributed by atoms with Gasteiger partial charge in [-0.2, -0.15) is 0 Å². The molecule has 2 N–H and O–H groups in total. The summed E-state index contributed by atoms with van der Waals surface area (Å²) in [5.74, 6) is 0. The molecule has 2 aromatic rings. The van der Waals surface area contributed by atoms with Gasteiger partial charge in [-0.3, -0.25) is 9.38 Å². The average Bonchev–Trinajstić information content (AvgIpc) is 2.70. The van der Waals surface area contributed by atoms with E-state index in [-0.39, 0.29) is 12.1 Å². The van der Waals surface area contributed by atoms with E-state index in [2.05, 4.69) is 15.3 Å². The van der Waals surface area contributed by atoms with E-state index in [0.717, 1.165) is 11.3 Å². The van der Waals surface area contributed by atoms with Crippen molar-refractivity contribution in [3.8, 4) is 0 Å². The lowest BCUT2D eigenvalue weighted by atomic mass is 10.1. The molecule has 5 nitrogen and oxygen atoms in total. The number of nitrogens with zero attached hydrogens (tertiary/aromatic N) is 3. The molecule has 0 aliphatic carbocycles. The fourth-order valence-electron chi connectivity index (χ4n) is 1.41. The fraction of sp³-hybridized carbons (Fsp3) is 0.455. The van der Waals surface area contributed by atoms with Crippen molar-refractivity contribution in [3.63, 3.8) is 0 Å². The molecule has 0 saturated carbocycles. The summed E-state index contributed by atoms with van der Waals surface area (Å²) in [6, 6.07) is 0. The molecule has 0 fully saturated rings. The predicted molar refractivity (Wildman–Crippen MR) is 61.0 cm³/mol. The number of aromatic nitrogens is 3. The second kappa shape index (κ2) is 4.19. The van der Waals surface area contributed by atoms with E-state index >= 15 is 0 Å². The van der Waals surface area contributed by atoms with Gasteiger partial charge in [-0.05, 0) is 13.8 Å². The van der Waals surface area contributed by atoms with Crippen LogP contribution in [-0.4, -0.2) is 31.6 Å². The molecule has 0 aromatic carbocycles. The maximum Gasteiger partial charge on any atom is 0.155 e. The van der Waals surface area contributed by atoms with Gasteiger partial charge in [-0.1, -0.05) is 0 Å². The Labute approximate surface area is 94.2 Å². The van der Waals surface area contributed by atoms with E-state index in [1.54, 1.807) is 12.4 Å². The molecule has 0 aliphatic rings. The molecule has 2 aromatic heterocycles. The molecule has 0 aliphatic heterocycles. The summed E-state index contributed by atoms with van der Waals surface area (Å²) in [6.45, 7) is 4.68. The van der Waals surface area contributed by atoms with Crippen LogP contribution in [-0.2, 0) is 6.54 Å². The standard InChI is InChI=1S/C11H16N4O/c1-11(2,8-16)14-6-9-5-13-10-7-12-3-4-15(9)10/h3-5,7,14,16H,6,8H2,1-2H3. The minimum atomic E-state index is -0.281. The Balaban J connectivity index is 2.16. The van der Waals surface area contributed by atoms with Crippen LogP contribution in [0.1, 0.15) is 19.5 Å². The van der Waals surface area contributed by atoms with Gasteiger partial charge >= 0.3 is 0 Å². The lowest BCUT2D eigenvalue weighted by Crippen LogP contribution is -2.42. The first-order chi connectivity index (χ1) is 7.62. The molecule has 2 heterocycles. The van der Waals surface area contributed by atoms with E-state index in [9.17, 15) is 0 Å². The zero-order chi connectivity index (χ0) is 11.6. The first kappa shape index (κ1) is 11.0. The molecule has 86 valence electrons. The van der Waals surface area contributed by atoms with Crippen LogP contribution < -0.4 is 5.32 Å². The minimum Gasteiger partial charge on any atom is -0.394 e. The van der Waals surface area contributed by atoms with E-state index in [1.807, 2.05) is 30.6 Å². The molecule has 0 atom stereocenters. The molecule has 0 spiro atoms. The minimum absolute atomic E-state index is 0.102. The smallest absolute Gasteiger partial charge is 0.155 e. The van der Waals surface area contributed by atoms with Crippen LogP contribution in [0.3, 0.4) is 0 Å². The lowest BCUT2D eigenvalue weighted by molar-refractivity contribution is 0.187. The van der Waals surface area contributed by atoms with Crippen LogP contribution in [0.15, 0.2) is 24.8 Å². The SMILES string of the molecule is CC(C)(CO)NCc1cnc2cnccn12. The third-order valence-corrected chi connectivity index (χ3v) is 2.54. The second-order valence-electron chi connectivity index (χ2n) is 4.45. The topological polar surface area (TPSA) is 62.5 Å². The van der Waals surface area contributed by atoms with E-state index in [0.29, 0.717) is 6.54 Å². The van der Waals surface area contributed by atoms with Crippen molar-refractivity contribution in [2.75, 3.05) is 6.61 Å². The van der Waals surface area contributed by atoms with Crippen molar-refractivity contribution < 1.29 is 5.11 Å². The molecular weight excluding hydrogens is 204 g/mol. The number of rotatable bonds is 4. The summed E-state index contributed by atoms with van der Waals surface area (Å²) >= 11 is 0. The first-order valence-corrected chi connectivity index (χ1v) is 5.24. The number of hydrogen-bond acceptors (Lipinski definition) is 4. The molecule has 0 radical (unpaired) electrons. The number of imidazole rings is 1. The van der Waals surface area contributed by atoms with E-state index in [4.69, 9.17) is 5.11 Å². The maximum atomic E-state index is 9.14. The van der Waals surface area contributed by atoms with Crippen molar-refractivity contribution in [2.45, 2.75) is 25.9 Å². The largest absolute Gasteiger partial charge is 0.394 e. The van der Waals surface area contributed by atoms with Crippen molar-refractivity contribution >= 4 is 5.65 Å². The highest BCUT2D eigenvalue weighted by atomic mass is 16.3. The van der Waals surface area contributed by atoms with Crippen LogP contribution in [0.4, 0.5) is 0 Å². The summed E-state index contributed by atoms with van der Waals surface area (Å²) in [6.07, 6.45) is 7.15. The Morgan fingerprint density at radius 2 is 2.25 bits per heavy atom. The van der Waals surface area contributed by atoms with Crippen LogP contribution in [0, 0.1) is 0 Å². The zero-order valence-corrected chi connectivity index (χ0v) is 9.51. The van der Waals surface area contributed by atoms with Crippen molar-refractivity contribution in [3.05, 3.63) is 30.5 Å². The maximum absolute atomic E-state index is 9.14. The van der Waals surface area contributed by atoms with Gasteiger partial charge in [0.2, 0.25) is 0 Å².